The lowest BCUT2D eigenvalue weighted by atomic mass is 10.1. The Kier molecular flexibility index (Phi) is 3.28. The molecule has 0 aliphatic heterocycles. The molecule has 98 valence electrons. The molecule has 0 aliphatic rings. The molecule has 1 amide bonds. The normalized spacial score (nSPS) is 10.2. The largest absolute Gasteiger partial charge is 0.478 e. The van der Waals surface area contributed by atoms with Gasteiger partial charge in [0.2, 0.25) is 0 Å². The quantitative estimate of drug-likeness (QED) is 0.787. The number of aromatic amines is 1. The van der Waals surface area contributed by atoms with Gasteiger partial charge in [0.25, 0.3) is 5.91 Å². The van der Waals surface area contributed by atoms with Gasteiger partial charge in [-0.25, -0.2) is 9.18 Å². The summed E-state index contributed by atoms with van der Waals surface area (Å²) in [5.74, 6) is -2.98. The molecule has 1 aromatic carbocycles. The molecule has 0 spiro atoms. The molecule has 0 aliphatic carbocycles. The van der Waals surface area contributed by atoms with E-state index in [2.05, 4.69) is 15.5 Å². The number of nitrogens with zero attached hydrogens (tertiary/aromatic N) is 1. The minimum Gasteiger partial charge on any atom is -0.478 e. The van der Waals surface area contributed by atoms with Crippen LogP contribution in [0, 0.1) is 12.7 Å². The number of aromatic carboxylic acids is 1. The molecule has 0 saturated heterocycles. The van der Waals surface area contributed by atoms with Gasteiger partial charge >= 0.3 is 5.97 Å². The second kappa shape index (κ2) is 4.89. The fraction of sp³-hybridized carbons (Fsp3) is 0.0833. The van der Waals surface area contributed by atoms with Crippen LogP contribution in [-0.4, -0.2) is 27.2 Å². The molecule has 19 heavy (non-hydrogen) atoms. The number of carboxylic acids is 1. The average Bonchev–Trinajstić information content (AvgIpc) is 2.75. The van der Waals surface area contributed by atoms with Crippen LogP contribution < -0.4 is 5.32 Å². The molecule has 0 saturated carbocycles. The van der Waals surface area contributed by atoms with Crippen LogP contribution >= 0.6 is 0 Å². The van der Waals surface area contributed by atoms with Gasteiger partial charge in [-0.15, -0.1) is 0 Å². The molecule has 2 rings (SSSR count). The Hall–Kier alpha value is -2.70. The van der Waals surface area contributed by atoms with Gasteiger partial charge in [0.15, 0.2) is 5.69 Å². The summed E-state index contributed by atoms with van der Waals surface area (Å²) in [5.41, 5.74) is 0.0854. The first-order chi connectivity index (χ1) is 8.99. The molecule has 0 fully saturated rings. The van der Waals surface area contributed by atoms with E-state index >= 15 is 0 Å². The topological polar surface area (TPSA) is 95.1 Å². The van der Waals surface area contributed by atoms with Gasteiger partial charge in [0.1, 0.15) is 11.4 Å². The molecule has 1 heterocycles. The Labute approximate surface area is 107 Å². The number of nitrogens with one attached hydrogen (secondary N) is 2. The molecule has 0 unspecified atom stereocenters. The van der Waals surface area contributed by atoms with Crippen molar-refractivity contribution < 1.29 is 19.1 Å². The van der Waals surface area contributed by atoms with Crippen molar-refractivity contribution in [2.24, 2.45) is 0 Å². The van der Waals surface area contributed by atoms with E-state index in [1.807, 2.05) is 0 Å². The number of carbonyl (C=O) groups excluding carboxylic acids is 1. The molecule has 6 nitrogen and oxygen atoms in total. The maximum Gasteiger partial charge on any atom is 0.340 e. The minimum atomic E-state index is -1.45. The van der Waals surface area contributed by atoms with Crippen molar-refractivity contribution in [2.75, 3.05) is 5.32 Å². The summed E-state index contributed by atoms with van der Waals surface area (Å²) in [4.78, 5) is 22.8. The fourth-order valence-corrected chi connectivity index (χ4v) is 1.57. The predicted octanol–water partition coefficient (Wildman–Crippen LogP) is 1.81. The minimum absolute atomic E-state index is 0.0955. The fourth-order valence-electron chi connectivity index (χ4n) is 1.57. The lowest BCUT2D eigenvalue weighted by Gasteiger charge is -2.07. The van der Waals surface area contributed by atoms with E-state index in [1.165, 1.54) is 18.2 Å². The number of H-pyrrole nitrogens is 1. The number of hydrogen-bond acceptors (Lipinski definition) is 3. The number of halogens is 1. The van der Waals surface area contributed by atoms with Gasteiger partial charge in [0.05, 0.1) is 5.69 Å². The summed E-state index contributed by atoms with van der Waals surface area (Å²) >= 11 is 0. The molecule has 0 radical (unpaired) electrons. The SMILES string of the molecule is Cc1cc(C(=O)Nc2cccc(F)c2C(=O)O)n[nH]1. The zero-order chi connectivity index (χ0) is 14.0. The monoisotopic (exact) mass is 263 g/mol. The van der Waals surface area contributed by atoms with Crippen molar-refractivity contribution in [3.8, 4) is 0 Å². The van der Waals surface area contributed by atoms with Gasteiger partial charge in [-0.2, -0.15) is 5.10 Å². The summed E-state index contributed by atoms with van der Waals surface area (Å²) in [7, 11) is 0. The standard InChI is InChI=1S/C12H10FN3O3/c1-6-5-9(16-15-6)11(17)14-8-4-2-3-7(13)10(8)12(18)19/h2-5H,1H3,(H,14,17)(H,15,16)(H,18,19). The molecule has 1 aromatic heterocycles. The van der Waals surface area contributed by atoms with Crippen molar-refractivity contribution in [1.29, 1.82) is 0 Å². The number of anilines is 1. The average molecular weight is 263 g/mol. The third kappa shape index (κ3) is 2.59. The highest BCUT2D eigenvalue weighted by atomic mass is 19.1. The van der Waals surface area contributed by atoms with Gasteiger partial charge in [-0.3, -0.25) is 9.89 Å². The van der Waals surface area contributed by atoms with Crippen LogP contribution in [0.5, 0.6) is 0 Å². The van der Waals surface area contributed by atoms with Crippen LogP contribution in [0.3, 0.4) is 0 Å². The van der Waals surface area contributed by atoms with E-state index in [1.54, 1.807) is 6.92 Å². The number of aromatic nitrogens is 2. The Morgan fingerprint density at radius 2 is 2.16 bits per heavy atom. The zero-order valence-corrected chi connectivity index (χ0v) is 9.90. The molecule has 3 N–H and O–H groups in total. The number of carboxylic acid groups (broad SMARTS) is 1. The Morgan fingerprint density at radius 1 is 1.42 bits per heavy atom. The molecule has 2 aromatic rings. The van der Waals surface area contributed by atoms with Crippen molar-refractivity contribution in [1.82, 2.24) is 10.2 Å². The number of carbonyl (C=O) groups is 2. The van der Waals surface area contributed by atoms with Crippen molar-refractivity contribution >= 4 is 17.6 Å². The number of aryl methyl sites for hydroxylation is 1. The van der Waals surface area contributed by atoms with Gasteiger partial charge in [0, 0.05) is 5.69 Å². The van der Waals surface area contributed by atoms with Crippen molar-refractivity contribution in [3.63, 3.8) is 0 Å². The summed E-state index contributed by atoms with van der Waals surface area (Å²) in [6.07, 6.45) is 0. The Morgan fingerprint density at radius 3 is 2.74 bits per heavy atom. The smallest absolute Gasteiger partial charge is 0.340 e. The molecular formula is C12H10FN3O3. The number of hydrogen-bond donors (Lipinski definition) is 3. The summed E-state index contributed by atoms with van der Waals surface area (Å²) in [6.45, 7) is 1.72. The van der Waals surface area contributed by atoms with Crippen LogP contribution in [-0.2, 0) is 0 Å². The van der Waals surface area contributed by atoms with Gasteiger partial charge in [-0.05, 0) is 25.1 Å². The van der Waals surface area contributed by atoms with Crippen LogP contribution in [0.1, 0.15) is 26.5 Å². The summed E-state index contributed by atoms with van der Waals surface area (Å²) in [6, 6.07) is 5.13. The molecular weight excluding hydrogens is 253 g/mol. The molecule has 7 heteroatoms. The highest BCUT2D eigenvalue weighted by molar-refractivity contribution is 6.06. The number of rotatable bonds is 3. The highest BCUT2D eigenvalue weighted by Crippen LogP contribution is 2.19. The van der Waals surface area contributed by atoms with Gasteiger partial charge in [-0.1, -0.05) is 6.07 Å². The Balaban J connectivity index is 2.31. The highest BCUT2D eigenvalue weighted by Gasteiger charge is 2.18. The van der Waals surface area contributed by atoms with Crippen molar-refractivity contribution in [2.45, 2.75) is 6.92 Å². The first-order valence-electron chi connectivity index (χ1n) is 5.34. The second-order valence-electron chi connectivity index (χ2n) is 3.86. The van der Waals surface area contributed by atoms with E-state index in [4.69, 9.17) is 5.11 Å². The third-order valence-electron chi connectivity index (χ3n) is 2.41. The lowest BCUT2D eigenvalue weighted by Crippen LogP contribution is -2.16. The van der Waals surface area contributed by atoms with E-state index in [-0.39, 0.29) is 11.4 Å². The van der Waals surface area contributed by atoms with Crippen molar-refractivity contribution in [3.05, 3.63) is 47.0 Å². The Bertz CT molecular complexity index is 651. The van der Waals surface area contributed by atoms with Crippen LogP contribution in [0.4, 0.5) is 10.1 Å². The third-order valence-corrected chi connectivity index (χ3v) is 2.41. The number of amides is 1. The molecule has 0 bridgehead atoms. The van der Waals surface area contributed by atoms with Crippen LogP contribution in [0.25, 0.3) is 0 Å². The van der Waals surface area contributed by atoms with E-state index < -0.39 is 23.3 Å². The first-order valence-corrected chi connectivity index (χ1v) is 5.34. The zero-order valence-electron chi connectivity index (χ0n) is 9.90. The second-order valence-corrected chi connectivity index (χ2v) is 3.86. The summed E-state index contributed by atoms with van der Waals surface area (Å²) < 4.78 is 13.4. The van der Waals surface area contributed by atoms with Crippen LogP contribution in [0.15, 0.2) is 24.3 Å². The van der Waals surface area contributed by atoms with E-state index in [0.717, 1.165) is 6.07 Å². The van der Waals surface area contributed by atoms with E-state index in [0.29, 0.717) is 5.69 Å². The first kappa shape index (κ1) is 12.7. The maximum absolute atomic E-state index is 13.4. The van der Waals surface area contributed by atoms with Crippen LogP contribution in [0.2, 0.25) is 0 Å². The number of benzene rings is 1. The predicted molar refractivity (Wildman–Crippen MR) is 64.6 cm³/mol. The molecule has 0 atom stereocenters. The summed E-state index contributed by atoms with van der Waals surface area (Å²) in [5, 5.41) is 17.6. The van der Waals surface area contributed by atoms with E-state index in [9.17, 15) is 14.0 Å². The lowest BCUT2D eigenvalue weighted by molar-refractivity contribution is 0.0693. The van der Waals surface area contributed by atoms with Gasteiger partial charge < -0.3 is 10.4 Å². The maximum atomic E-state index is 13.4.